The van der Waals surface area contributed by atoms with E-state index in [9.17, 15) is 9.18 Å². The number of aryl methyl sites for hydroxylation is 1. The standard InChI is InChI=1S/C22H25FN4O2/c1-3-18-14(2)20(26-25-18)22(28)27-11-5-4-6-19(27)21-24-13-17(29-21)12-15-7-9-16(23)10-8-15/h7-10,13,19H,3-6,11-12H2,1-2H3,(H,25,26). The lowest BCUT2D eigenvalue weighted by atomic mass is 10.0. The molecule has 0 radical (unpaired) electrons. The molecule has 0 saturated carbocycles. The van der Waals surface area contributed by atoms with Gasteiger partial charge < -0.3 is 9.32 Å². The molecule has 1 unspecified atom stereocenters. The first-order valence-electron chi connectivity index (χ1n) is 10.1. The molecule has 1 saturated heterocycles. The Bertz CT molecular complexity index is 993. The van der Waals surface area contributed by atoms with Gasteiger partial charge in [0.15, 0.2) is 5.69 Å². The molecule has 7 heteroatoms. The molecule has 0 spiro atoms. The minimum absolute atomic E-state index is 0.0820. The zero-order valence-electron chi connectivity index (χ0n) is 16.7. The minimum Gasteiger partial charge on any atom is -0.443 e. The van der Waals surface area contributed by atoms with E-state index in [2.05, 4.69) is 15.2 Å². The number of aromatic nitrogens is 3. The zero-order chi connectivity index (χ0) is 20.4. The third-order valence-corrected chi connectivity index (χ3v) is 5.58. The van der Waals surface area contributed by atoms with Crippen LogP contribution in [0.3, 0.4) is 0 Å². The molecule has 2 aromatic heterocycles. The van der Waals surface area contributed by atoms with Crippen molar-refractivity contribution in [2.24, 2.45) is 0 Å². The van der Waals surface area contributed by atoms with Gasteiger partial charge in [0.2, 0.25) is 5.89 Å². The van der Waals surface area contributed by atoms with E-state index in [-0.39, 0.29) is 17.8 Å². The lowest BCUT2D eigenvalue weighted by molar-refractivity contribution is 0.0563. The number of oxazole rings is 1. The molecule has 1 aliphatic rings. The molecule has 6 nitrogen and oxygen atoms in total. The van der Waals surface area contributed by atoms with E-state index in [1.807, 2.05) is 18.7 Å². The maximum atomic E-state index is 13.2. The van der Waals surface area contributed by atoms with Crippen molar-refractivity contribution >= 4 is 5.91 Å². The van der Waals surface area contributed by atoms with Gasteiger partial charge >= 0.3 is 0 Å². The number of halogens is 1. The Morgan fingerprint density at radius 3 is 2.83 bits per heavy atom. The topological polar surface area (TPSA) is 75.0 Å². The van der Waals surface area contributed by atoms with Crippen LogP contribution in [0.5, 0.6) is 0 Å². The highest BCUT2D eigenvalue weighted by molar-refractivity contribution is 5.94. The number of carbonyl (C=O) groups excluding carboxylic acids is 1. The van der Waals surface area contributed by atoms with Gasteiger partial charge in [0.25, 0.3) is 5.91 Å². The molecule has 3 aromatic rings. The van der Waals surface area contributed by atoms with Gasteiger partial charge in [-0.25, -0.2) is 9.37 Å². The number of hydrogen-bond donors (Lipinski definition) is 1. The molecule has 1 atom stereocenters. The van der Waals surface area contributed by atoms with E-state index in [1.54, 1.807) is 18.3 Å². The predicted octanol–water partition coefficient (Wildman–Crippen LogP) is 4.37. The Morgan fingerprint density at radius 1 is 1.31 bits per heavy atom. The van der Waals surface area contributed by atoms with E-state index in [0.717, 1.165) is 42.5 Å². The van der Waals surface area contributed by atoms with Crippen LogP contribution in [0, 0.1) is 12.7 Å². The van der Waals surface area contributed by atoms with E-state index in [1.165, 1.54) is 12.1 Å². The van der Waals surface area contributed by atoms with Crippen LogP contribution in [-0.4, -0.2) is 32.5 Å². The molecule has 1 amide bonds. The van der Waals surface area contributed by atoms with Crippen molar-refractivity contribution in [2.75, 3.05) is 6.54 Å². The molecule has 0 aliphatic carbocycles. The summed E-state index contributed by atoms with van der Waals surface area (Å²) >= 11 is 0. The van der Waals surface area contributed by atoms with E-state index < -0.39 is 0 Å². The Morgan fingerprint density at radius 2 is 2.10 bits per heavy atom. The maximum Gasteiger partial charge on any atom is 0.275 e. The highest BCUT2D eigenvalue weighted by Gasteiger charge is 2.33. The van der Waals surface area contributed by atoms with E-state index in [0.29, 0.717) is 30.3 Å². The van der Waals surface area contributed by atoms with Crippen molar-refractivity contribution in [3.05, 3.63) is 70.4 Å². The number of amides is 1. The summed E-state index contributed by atoms with van der Waals surface area (Å²) in [6, 6.07) is 6.15. The summed E-state index contributed by atoms with van der Waals surface area (Å²) in [4.78, 5) is 19.5. The number of piperidine rings is 1. The van der Waals surface area contributed by atoms with Crippen molar-refractivity contribution in [1.82, 2.24) is 20.1 Å². The summed E-state index contributed by atoms with van der Waals surface area (Å²) in [5.74, 6) is 0.914. The summed E-state index contributed by atoms with van der Waals surface area (Å²) in [6.07, 6.45) is 5.82. The highest BCUT2D eigenvalue weighted by atomic mass is 19.1. The average Bonchev–Trinajstić information content (AvgIpc) is 3.35. The van der Waals surface area contributed by atoms with Crippen LogP contribution in [0.15, 0.2) is 34.9 Å². The number of benzene rings is 1. The van der Waals surface area contributed by atoms with Crippen molar-refractivity contribution in [1.29, 1.82) is 0 Å². The molecule has 1 fully saturated rings. The number of hydrogen-bond acceptors (Lipinski definition) is 4. The summed E-state index contributed by atoms with van der Waals surface area (Å²) in [7, 11) is 0. The van der Waals surface area contributed by atoms with Gasteiger partial charge in [-0.15, -0.1) is 0 Å². The third kappa shape index (κ3) is 3.95. The summed E-state index contributed by atoms with van der Waals surface area (Å²) in [5, 5.41) is 7.23. The van der Waals surface area contributed by atoms with E-state index in [4.69, 9.17) is 4.42 Å². The quantitative estimate of drug-likeness (QED) is 0.695. The van der Waals surface area contributed by atoms with Crippen molar-refractivity contribution in [3.8, 4) is 0 Å². The minimum atomic E-state index is -0.261. The number of rotatable bonds is 5. The molecule has 1 aromatic carbocycles. The third-order valence-electron chi connectivity index (χ3n) is 5.58. The molecule has 1 aliphatic heterocycles. The molecular weight excluding hydrogens is 371 g/mol. The van der Waals surface area contributed by atoms with Gasteiger partial charge in [-0.2, -0.15) is 5.10 Å². The second kappa shape index (κ2) is 8.19. The summed E-state index contributed by atoms with van der Waals surface area (Å²) in [5.41, 5.74) is 3.32. The van der Waals surface area contributed by atoms with Crippen LogP contribution in [-0.2, 0) is 12.8 Å². The monoisotopic (exact) mass is 396 g/mol. The van der Waals surface area contributed by atoms with Crippen LogP contribution in [0.4, 0.5) is 4.39 Å². The van der Waals surface area contributed by atoms with Gasteiger partial charge in [-0.05, 0) is 50.3 Å². The molecule has 0 bridgehead atoms. The van der Waals surface area contributed by atoms with Gasteiger partial charge in [-0.3, -0.25) is 9.89 Å². The van der Waals surface area contributed by atoms with Crippen molar-refractivity contribution < 1.29 is 13.6 Å². The van der Waals surface area contributed by atoms with Gasteiger partial charge in [0, 0.05) is 24.2 Å². The van der Waals surface area contributed by atoms with Gasteiger partial charge in [0.1, 0.15) is 17.6 Å². The van der Waals surface area contributed by atoms with Crippen molar-refractivity contribution in [3.63, 3.8) is 0 Å². The number of nitrogens with one attached hydrogen (secondary N) is 1. The lowest BCUT2D eigenvalue weighted by Crippen LogP contribution is -2.39. The van der Waals surface area contributed by atoms with Crippen LogP contribution < -0.4 is 0 Å². The Balaban J connectivity index is 1.54. The predicted molar refractivity (Wildman–Crippen MR) is 106 cm³/mol. The van der Waals surface area contributed by atoms with Crippen LogP contribution >= 0.6 is 0 Å². The molecular formula is C22H25FN4O2. The molecule has 4 rings (SSSR count). The molecule has 3 heterocycles. The normalized spacial score (nSPS) is 16.9. The Hall–Kier alpha value is -2.96. The highest BCUT2D eigenvalue weighted by Crippen LogP contribution is 2.32. The van der Waals surface area contributed by atoms with E-state index >= 15 is 0 Å². The van der Waals surface area contributed by atoms with Crippen LogP contribution in [0.2, 0.25) is 0 Å². The summed E-state index contributed by atoms with van der Waals surface area (Å²) < 4.78 is 19.1. The number of carbonyl (C=O) groups is 1. The molecule has 152 valence electrons. The lowest BCUT2D eigenvalue weighted by Gasteiger charge is -2.33. The largest absolute Gasteiger partial charge is 0.443 e. The van der Waals surface area contributed by atoms with Crippen LogP contribution in [0.1, 0.15) is 71.2 Å². The molecule has 1 N–H and O–H groups in total. The first-order chi connectivity index (χ1) is 14.1. The number of H-pyrrole nitrogens is 1. The second-order valence-corrected chi connectivity index (χ2v) is 7.51. The Kier molecular flexibility index (Phi) is 5.47. The average molecular weight is 396 g/mol. The number of likely N-dealkylation sites (tertiary alicyclic amines) is 1. The maximum absolute atomic E-state index is 13.2. The van der Waals surface area contributed by atoms with Crippen LogP contribution in [0.25, 0.3) is 0 Å². The first kappa shape index (κ1) is 19.4. The van der Waals surface area contributed by atoms with Crippen molar-refractivity contribution in [2.45, 2.75) is 52.0 Å². The summed E-state index contributed by atoms with van der Waals surface area (Å²) in [6.45, 7) is 4.63. The fourth-order valence-corrected chi connectivity index (χ4v) is 3.92. The Labute approximate surface area is 169 Å². The first-order valence-corrected chi connectivity index (χ1v) is 10.1. The SMILES string of the molecule is CCc1[nH]nc(C(=O)N2CCCCC2c2ncc(Cc3ccc(F)cc3)o2)c1C. The number of nitrogens with zero attached hydrogens (tertiary/aromatic N) is 3. The zero-order valence-corrected chi connectivity index (χ0v) is 16.7. The molecule has 29 heavy (non-hydrogen) atoms. The number of aromatic amines is 1. The van der Waals surface area contributed by atoms with Gasteiger partial charge in [-0.1, -0.05) is 19.1 Å². The smallest absolute Gasteiger partial charge is 0.275 e. The fraction of sp³-hybridized carbons (Fsp3) is 0.409. The fourth-order valence-electron chi connectivity index (χ4n) is 3.92. The van der Waals surface area contributed by atoms with Gasteiger partial charge in [0.05, 0.1) is 6.20 Å². The second-order valence-electron chi connectivity index (χ2n) is 7.51.